The molecular weight excluding hydrogens is 421 g/mol. The van der Waals surface area contributed by atoms with Crippen LogP contribution >= 0.6 is 0 Å². The fraction of sp³-hybridized carbons (Fsp3) is 0.192. The molecule has 2 unspecified atom stereocenters. The van der Waals surface area contributed by atoms with E-state index in [1.54, 1.807) is 31.3 Å². The number of hydrogen-bond donors (Lipinski definition) is 2. The minimum Gasteiger partial charge on any atom is -0.351 e. The summed E-state index contributed by atoms with van der Waals surface area (Å²) in [6, 6.07) is 20.1. The van der Waals surface area contributed by atoms with Gasteiger partial charge in [0.1, 0.15) is 17.8 Å². The highest BCUT2D eigenvalue weighted by Gasteiger charge is 2.34. The summed E-state index contributed by atoms with van der Waals surface area (Å²) in [6.45, 7) is 1.42. The van der Waals surface area contributed by atoms with Crippen molar-refractivity contribution in [3.05, 3.63) is 89.7 Å². The topological polar surface area (TPSA) is 78.5 Å². The zero-order chi connectivity index (χ0) is 23.5. The maximum absolute atomic E-state index is 13.8. The molecule has 2 atom stereocenters. The average molecular weight is 445 g/mol. The first kappa shape index (κ1) is 22.2. The zero-order valence-electron chi connectivity index (χ0n) is 18.3. The second-order valence-electron chi connectivity index (χ2n) is 7.97. The Kier molecular flexibility index (Phi) is 6.22. The third-order valence-electron chi connectivity index (χ3n) is 5.89. The van der Waals surface area contributed by atoms with Gasteiger partial charge in [-0.25, -0.2) is 4.39 Å². The minimum absolute atomic E-state index is 0.0354. The smallest absolute Gasteiger partial charge is 0.253 e. The molecule has 1 heterocycles. The van der Waals surface area contributed by atoms with Gasteiger partial charge in [-0.15, -0.1) is 0 Å². The number of carbonyl (C=O) groups excluding carboxylic acids is 3. The number of likely N-dealkylation sites (N-methyl/N-ethyl adjacent to an activating group) is 1. The molecule has 33 heavy (non-hydrogen) atoms. The average Bonchev–Trinajstić information content (AvgIpc) is 2.92. The summed E-state index contributed by atoms with van der Waals surface area (Å²) in [4.78, 5) is 40.4. The molecule has 0 saturated carbocycles. The Morgan fingerprint density at radius 3 is 2.33 bits per heavy atom. The lowest BCUT2D eigenvalue weighted by Gasteiger charge is -2.24. The van der Waals surface area contributed by atoms with Gasteiger partial charge in [0.15, 0.2) is 0 Å². The Hall–Kier alpha value is -4.00. The van der Waals surface area contributed by atoms with Crippen molar-refractivity contribution in [3.8, 4) is 11.1 Å². The van der Waals surface area contributed by atoms with E-state index in [1.165, 1.54) is 17.9 Å². The lowest BCUT2D eigenvalue weighted by atomic mass is 9.95. The standard InChI is InChI=1S/C26H24FN3O3/c1-16(24(31)28-15-17-9-3-7-13-21(17)27)25(32)29-23-20-12-5-4-10-18(20)19-11-6-8-14-22(19)30(2)26(23)33/h3-14,16,23H,15H2,1-2H3,(H,28,31)(H,29,32). The molecule has 0 radical (unpaired) electrons. The van der Waals surface area contributed by atoms with Crippen molar-refractivity contribution in [2.45, 2.75) is 19.5 Å². The van der Waals surface area contributed by atoms with Crippen LogP contribution in [0.1, 0.15) is 24.1 Å². The maximum Gasteiger partial charge on any atom is 0.253 e. The first-order valence-electron chi connectivity index (χ1n) is 10.7. The maximum atomic E-state index is 13.8. The molecule has 4 rings (SSSR count). The van der Waals surface area contributed by atoms with Crippen molar-refractivity contribution in [1.29, 1.82) is 0 Å². The summed E-state index contributed by atoms with van der Waals surface area (Å²) in [7, 11) is 1.66. The van der Waals surface area contributed by atoms with E-state index in [4.69, 9.17) is 0 Å². The van der Waals surface area contributed by atoms with E-state index in [-0.39, 0.29) is 12.5 Å². The Morgan fingerprint density at radius 2 is 1.58 bits per heavy atom. The molecule has 6 nitrogen and oxygen atoms in total. The monoisotopic (exact) mass is 445 g/mol. The number of benzene rings is 3. The molecule has 168 valence electrons. The largest absolute Gasteiger partial charge is 0.351 e. The van der Waals surface area contributed by atoms with Crippen LogP contribution < -0.4 is 15.5 Å². The second-order valence-corrected chi connectivity index (χ2v) is 7.97. The lowest BCUT2D eigenvalue weighted by molar-refractivity contribution is -0.136. The van der Waals surface area contributed by atoms with E-state index in [1.807, 2.05) is 42.5 Å². The van der Waals surface area contributed by atoms with Crippen molar-refractivity contribution in [3.63, 3.8) is 0 Å². The Labute approximate surface area is 191 Å². The molecule has 3 aromatic carbocycles. The van der Waals surface area contributed by atoms with Gasteiger partial charge in [0.25, 0.3) is 5.91 Å². The number of amides is 3. The van der Waals surface area contributed by atoms with Gasteiger partial charge >= 0.3 is 0 Å². The van der Waals surface area contributed by atoms with Gasteiger partial charge in [-0.05, 0) is 30.2 Å². The second kappa shape index (κ2) is 9.24. The van der Waals surface area contributed by atoms with Crippen LogP contribution in [0.5, 0.6) is 0 Å². The molecule has 0 spiro atoms. The van der Waals surface area contributed by atoms with Gasteiger partial charge in [-0.1, -0.05) is 60.7 Å². The minimum atomic E-state index is -1.08. The van der Waals surface area contributed by atoms with Crippen LogP contribution in [-0.2, 0) is 20.9 Å². The number of hydrogen-bond acceptors (Lipinski definition) is 3. The molecule has 0 bridgehead atoms. The van der Waals surface area contributed by atoms with E-state index in [0.29, 0.717) is 11.1 Å². The lowest BCUT2D eigenvalue weighted by Crippen LogP contribution is -2.45. The SMILES string of the molecule is CC(C(=O)NCc1ccccc1F)C(=O)NC1C(=O)N(C)c2ccccc2-c2ccccc21. The number of rotatable bonds is 5. The highest BCUT2D eigenvalue weighted by Crippen LogP contribution is 2.39. The predicted molar refractivity (Wildman–Crippen MR) is 124 cm³/mol. The van der Waals surface area contributed by atoms with Gasteiger partial charge in [0.05, 0.1) is 5.69 Å². The number of para-hydroxylation sites is 1. The first-order chi connectivity index (χ1) is 15.9. The third kappa shape index (κ3) is 4.35. The molecule has 0 fully saturated rings. The normalized spacial score (nSPS) is 15.7. The molecule has 0 saturated heterocycles. The van der Waals surface area contributed by atoms with Crippen LogP contribution in [0.4, 0.5) is 10.1 Å². The molecule has 0 aliphatic carbocycles. The number of nitrogens with one attached hydrogen (secondary N) is 2. The van der Waals surface area contributed by atoms with Gasteiger partial charge in [0, 0.05) is 24.7 Å². The van der Waals surface area contributed by atoms with E-state index in [0.717, 1.165) is 16.8 Å². The van der Waals surface area contributed by atoms with Gasteiger partial charge in [-0.2, -0.15) is 0 Å². The van der Waals surface area contributed by atoms with Crippen LogP contribution in [0.2, 0.25) is 0 Å². The van der Waals surface area contributed by atoms with Crippen LogP contribution in [0, 0.1) is 11.7 Å². The summed E-state index contributed by atoms with van der Waals surface area (Å²) in [6.07, 6.45) is 0. The fourth-order valence-electron chi connectivity index (χ4n) is 3.94. The fourth-order valence-corrected chi connectivity index (χ4v) is 3.94. The Bertz CT molecular complexity index is 1230. The quantitative estimate of drug-likeness (QED) is 0.590. The number of fused-ring (bicyclic) bond motifs is 3. The summed E-state index contributed by atoms with van der Waals surface area (Å²) in [5.74, 6) is -2.96. The van der Waals surface area contributed by atoms with Gasteiger partial charge < -0.3 is 15.5 Å². The summed E-state index contributed by atoms with van der Waals surface area (Å²) in [5, 5.41) is 5.34. The van der Waals surface area contributed by atoms with Crippen molar-refractivity contribution < 1.29 is 18.8 Å². The van der Waals surface area contributed by atoms with Gasteiger partial charge in [-0.3, -0.25) is 14.4 Å². The van der Waals surface area contributed by atoms with E-state index in [2.05, 4.69) is 10.6 Å². The van der Waals surface area contributed by atoms with Crippen molar-refractivity contribution >= 4 is 23.4 Å². The van der Waals surface area contributed by atoms with E-state index in [9.17, 15) is 18.8 Å². The number of anilines is 1. The molecule has 3 aromatic rings. The van der Waals surface area contributed by atoms with Crippen molar-refractivity contribution in [2.24, 2.45) is 5.92 Å². The Morgan fingerprint density at radius 1 is 0.939 bits per heavy atom. The van der Waals surface area contributed by atoms with Crippen molar-refractivity contribution in [1.82, 2.24) is 10.6 Å². The zero-order valence-corrected chi connectivity index (χ0v) is 18.3. The summed E-state index contributed by atoms with van der Waals surface area (Å²) >= 11 is 0. The number of halogens is 1. The van der Waals surface area contributed by atoms with Crippen LogP contribution in [0.15, 0.2) is 72.8 Å². The molecule has 3 amide bonds. The predicted octanol–water partition coefficient (Wildman–Crippen LogP) is 3.58. The van der Waals surface area contributed by atoms with Gasteiger partial charge in [0.2, 0.25) is 11.8 Å². The van der Waals surface area contributed by atoms with Crippen LogP contribution in [-0.4, -0.2) is 24.8 Å². The molecule has 1 aliphatic rings. The number of carbonyl (C=O) groups is 3. The molecule has 7 heteroatoms. The highest BCUT2D eigenvalue weighted by atomic mass is 19.1. The van der Waals surface area contributed by atoms with Crippen LogP contribution in [0.25, 0.3) is 11.1 Å². The molecule has 2 N–H and O–H groups in total. The van der Waals surface area contributed by atoms with Crippen molar-refractivity contribution in [2.75, 3.05) is 11.9 Å². The number of nitrogens with zero attached hydrogens (tertiary/aromatic N) is 1. The Balaban J connectivity index is 1.54. The third-order valence-corrected chi connectivity index (χ3v) is 5.89. The first-order valence-corrected chi connectivity index (χ1v) is 10.7. The molecule has 0 aromatic heterocycles. The summed E-state index contributed by atoms with van der Waals surface area (Å²) < 4.78 is 13.8. The molecular formula is C26H24FN3O3. The van der Waals surface area contributed by atoms with Crippen LogP contribution in [0.3, 0.4) is 0 Å². The van der Waals surface area contributed by atoms with E-state index < -0.39 is 29.6 Å². The highest BCUT2D eigenvalue weighted by molar-refractivity contribution is 6.07. The summed E-state index contributed by atoms with van der Waals surface area (Å²) in [5.41, 5.74) is 3.45. The van der Waals surface area contributed by atoms with E-state index >= 15 is 0 Å². The molecule has 1 aliphatic heterocycles.